The number of rotatable bonds is 7. The summed E-state index contributed by atoms with van der Waals surface area (Å²) < 4.78 is 43.6. The standard InChI is InChI=1S/C24H27F3N4O3S/c1-23(2)22(20(33)15-32)31(18-3-5-19(6-4-18)35-24(25,26)27)16-30(23)14-17-7-8-28-21(13-17)29-9-11-34-12-10-29/h3-8,13,15,22H,9-12,14,16H2,1-2H3. The minimum absolute atomic E-state index is 0.0576. The number of thioether (sulfide) groups is 1. The molecule has 3 heterocycles. The van der Waals surface area contributed by atoms with Gasteiger partial charge in [0.2, 0.25) is 5.78 Å². The number of benzene rings is 1. The highest BCUT2D eigenvalue weighted by molar-refractivity contribution is 8.00. The van der Waals surface area contributed by atoms with Crippen molar-refractivity contribution in [3.63, 3.8) is 0 Å². The van der Waals surface area contributed by atoms with Crippen LogP contribution in [0.3, 0.4) is 0 Å². The van der Waals surface area contributed by atoms with Crippen molar-refractivity contribution in [2.45, 2.75) is 42.4 Å². The molecule has 2 aliphatic heterocycles. The van der Waals surface area contributed by atoms with Crippen LogP contribution < -0.4 is 9.80 Å². The molecule has 2 saturated heterocycles. The van der Waals surface area contributed by atoms with Crippen LogP contribution in [0.2, 0.25) is 0 Å². The van der Waals surface area contributed by atoms with Gasteiger partial charge < -0.3 is 14.5 Å². The lowest BCUT2D eigenvalue weighted by molar-refractivity contribution is -0.131. The van der Waals surface area contributed by atoms with E-state index in [0.29, 0.717) is 38.4 Å². The number of pyridine rings is 1. The third-order valence-corrected chi connectivity index (χ3v) is 7.16. The number of alkyl halides is 3. The Morgan fingerprint density at radius 1 is 1.20 bits per heavy atom. The number of ketones is 1. The fraction of sp³-hybridized carbons (Fsp3) is 0.458. The van der Waals surface area contributed by atoms with Crippen LogP contribution in [0.1, 0.15) is 19.4 Å². The lowest BCUT2D eigenvalue weighted by atomic mass is 9.90. The molecule has 1 aromatic carbocycles. The van der Waals surface area contributed by atoms with Crippen LogP contribution in [-0.2, 0) is 20.9 Å². The number of halogens is 3. The average molecular weight is 509 g/mol. The van der Waals surface area contributed by atoms with Gasteiger partial charge in [0.05, 0.1) is 19.9 Å². The van der Waals surface area contributed by atoms with Crippen molar-refractivity contribution in [2.75, 3.05) is 42.8 Å². The largest absolute Gasteiger partial charge is 0.446 e. The molecule has 4 rings (SSSR count). The number of aldehydes is 1. The third-order valence-electron chi connectivity index (χ3n) is 6.42. The fourth-order valence-corrected chi connectivity index (χ4v) is 5.18. The number of morpholine rings is 1. The highest BCUT2D eigenvalue weighted by Gasteiger charge is 2.50. The smallest absolute Gasteiger partial charge is 0.378 e. The predicted molar refractivity (Wildman–Crippen MR) is 127 cm³/mol. The molecule has 2 aliphatic rings. The molecule has 35 heavy (non-hydrogen) atoms. The molecule has 0 radical (unpaired) electrons. The number of hydrogen-bond donors (Lipinski definition) is 0. The molecule has 0 N–H and O–H groups in total. The van der Waals surface area contributed by atoms with Crippen LogP contribution in [0.25, 0.3) is 0 Å². The van der Waals surface area contributed by atoms with E-state index in [1.54, 1.807) is 23.2 Å². The molecule has 2 fully saturated rings. The topological polar surface area (TPSA) is 66.0 Å². The van der Waals surface area contributed by atoms with Gasteiger partial charge in [-0.1, -0.05) is 0 Å². The normalized spacial score (nSPS) is 20.8. The van der Waals surface area contributed by atoms with Gasteiger partial charge in [-0.05, 0) is 67.6 Å². The Balaban J connectivity index is 1.57. The Bertz CT molecular complexity index is 1060. The number of Topliss-reactive ketones (excluding diaryl/α,β-unsaturated/α-hetero) is 1. The van der Waals surface area contributed by atoms with Crippen molar-refractivity contribution in [2.24, 2.45) is 0 Å². The van der Waals surface area contributed by atoms with Crippen LogP contribution in [0.15, 0.2) is 47.5 Å². The Hall–Kier alpha value is -2.63. The summed E-state index contributed by atoms with van der Waals surface area (Å²) >= 11 is -0.191. The summed E-state index contributed by atoms with van der Waals surface area (Å²) in [6.07, 6.45) is 2.08. The molecular formula is C24H27F3N4O3S. The van der Waals surface area contributed by atoms with E-state index in [0.717, 1.165) is 24.5 Å². The van der Waals surface area contributed by atoms with Gasteiger partial charge >= 0.3 is 5.51 Å². The summed E-state index contributed by atoms with van der Waals surface area (Å²) in [6, 6.07) is 9.03. The monoisotopic (exact) mass is 508 g/mol. The van der Waals surface area contributed by atoms with E-state index in [9.17, 15) is 22.8 Å². The molecule has 1 atom stereocenters. The molecule has 0 saturated carbocycles. The van der Waals surface area contributed by atoms with E-state index in [2.05, 4.69) is 14.8 Å². The molecule has 0 aliphatic carbocycles. The third kappa shape index (κ3) is 5.79. The number of hydrogen-bond acceptors (Lipinski definition) is 8. The van der Waals surface area contributed by atoms with E-state index in [-0.39, 0.29) is 16.7 Å². The summed E-state index contributed by atoms with van der Waals surface area (Å²) in [5.74, 6) is 0.285. The van der Waals surface area contributed by atoms with Crippen LogP contribution in [0, 0.1) is 0 Å². The van der Waals surface area contributed by atoms with E-state index in [1.165, 1.54) is 12.1 Å². The molecule has 1 aromatic heterocycles. The first-order valence-electron chi connectivity index (χ1n) is 11.2. The van der Waals surface area contributed by atoms with Gasteiger partial charge in [-0.25, -0.2) is 4.98 Å². The van der Waals surface area contributed by atoms with Gasteiger partial charge in [-0.2, -0.15) is 13.2 Å². The number of anilines is 2. The van der Waals surface area contributed by atoms with Crippen molar-refractivity contribution < 1.29 is 27.5 Å². The maximum Gasteiger partial charge on any atom is 0.446 e. The van der Waals surface area contributed by atoms with Gasteiger partial charge in [0.1, 0.15) is 11.9 Å². The molecule has 0 spiro atoms. The molecule has 2 aromatic rings. The Labute approximate surface area is 206 Å². The zero-order valence-corrected chi connectivity index (χ0v) is 20.3. The molecular weight excluding hydrogens is 481 g/mol. The van der Waals surface area contributed by atoms with Crippen molar-refractivity contribution >= 4 is 35.3 Å². The molecule has 7 nitrogen and oxygen atoms in total. The summed E-state index contributed by atoms with van der Waals surface area (Å²) in [5.41, 5.74) is -3.50. The zero-order valence-electron chi connectivity index (χ0n) is 19.5. The molecule has 11 heteroatoms. The summed E-state index contributed by atoms with van der Waals surface area (Å²) in [5, 5.41) is 0. The SMILES string of the molecule is CC1(C)C(C(=O)C=O)N(c2ccc(SC(F)(F)F)cc2)CN1Cc1ccnc(N2CCOCC2)c1. The van der Waals surface area contributed by atoms with Gasteiger partial charge in [-0.15, -0.1) is 0 Å². The summed E-state index contributed by atoms with van der Waals surface area (Å²) in [6.45, 7) is 7.46. The zero-order chi connectivity index (χ0) is 25.2. The number of ether oxygens (including phenoxy) is 1. The molecule has 188 valence electrons. The lowest BCUT2D eigenvalue weighted by Crippen LogP contribution is -2.51. The van der Waals surface area contributed by atoms with Crippen molar-refractivity contribution in [3.05, 3.63) is 48.2 Å². The van der Waals surface area contributed by atoms with Gasteiger partial charge in [0.25, 0.3) is 0 Å². The van der Waals surface area contributed by atoms with Crippen LogP contribution >= 0.6 is 11.8 Å². The maximum atomic E-state index is 12.7. The molecule has 0 amide bonds. The van der Waals surface area contributed by atoms with E-state index >= 15 is 0 Å². The highest BCUT2D eigenvalue weighted by atomic mass is 32.2. The minimum Gasteiger partial charge on any atom is -0.378 e. The number of nitrogens with zero attached hydrogens (tertiary/aromatic N) is 4. The minimum atomic E-state index is -4.38. The van der Waals surface area contributed by atoms with Crippen molar-refractivity contribution in [1.29, 1.82) is 0 Å². The van der Waals surface area contributed by atoms with Crippen LogP contribution in [0.5, 0.6) is 0 Å². The Morgan fingerprint density at radius 2 is 1.89 bits per heavy atom. The predicted octanol–water partition coefficient (Wildman–Crippen LogP) is 3.73. The fourth-order valence-electron chi connectivity index (χ4n) is 4.64. The molecule has 1 unspecified atom stereocenters. The van der Waals surface area contributed by atoms with Crippen molar-refractivity contribution in [1.82, 2.24) is 9.88 Å². The van der Waals surface area contributed by atoms with E-state index in [4.69, 9.17) is 4.74 Å². The average Bonchev–Trinajstić information content (AvgIpc) is 3.08. The van der Waals surface area contributed by atoms with Gasteiger partial charge in [0, 0.05) is 42.0 Å². The second kappa shape index (κ2) is 10.2. The summed E-state index contributed by atoms with van der Waals surface area (Å²) in [4.78, 5) is 34.8. The van der Waals surface area contributed by atoms with Crippen molar-refractivity contribution in [3.8, 4) is 0 Å². The highest BCUT2D eigenvalue weighted by Crippen LogP contribution is 2.40. The Kier molecular flexibility index (Phi) is 7.39. The van der Waals surface area contributed by atoms with Crippen LogP contribution in [-0.4, -0.2) is 72.0 Å². The number of carbonyl (C=O) groups excluding carboxylic acids is 2. The van der Waals surface area contributed by atoms with E-state index in [1.807, 2.05) is 26.0 Å². The van der Waals surface area contributed by atoms with Gasteiger partial charge in [-0.3, -0.25) is 14.5 Å². The quantitative estimate of drug-likeness (QED) is 0.319. The first kappa shape index (κ1) is 25.5. The lowest BCUT2D eigenvalue weighted by Gasteiger charge is -2.34. The van der Waals surface area contributed by atoms with Crippen LogP contribution in [0.4, 0.5) is 24.7 Å². The summed E-state index contributed by atoms with van der Waals surface area (Å²) in [7, 11) is 0. The molecule has 0 bridgehead atoms. The van der Waals surface area contributed by atoms with Gasteiger partial charge in [0.15, 0.2) is 6.29 Å². The number of aromatic nitrogens is 1. The maximum absolute atomic E-state index is 12.7. The Morgan fingerprint density at radius 3 is 2.51 bits per heavy atom. The van der Waals surface area contributed by atoms with E-state index < -0.39 is 22.9 Å². The first-order chi connectivity index (χ1) is 16.6. The number of carbonyl (C=O) groups is 2. The second-order valence-corrected chi connectivity index (χ2v) is 10.2. The first-order valence-corrected chi connectivity index (χ1v) is 12.0. The second-order valence-electron chi connectivity index (χ2n) is 9.05.